The molecule has 0 radical (unpaired) electrons. The van der Waals surface area contributed by atoms with Crippen LogP contribution in [0.15, 0.2) is 12.7 Å². The van der Waals surface area contributed by atoms with E-state index >= 15 is 0 Å². The van der Waals surface area contributed by atoms with Gasteiger partial charge < -0.3 is 14.7 Å². The molecule has 0 unspecified atom stereocenters. The zero-order chi connectivity index (χ0) is 14.8. The van der Waals surface area contributed by atoms with Crippen LogP contribution in [0, 0.1) is 11.3 Å². The van der Waals surface area contributed by atoms with Gasteiger partial charge in [-0.3, -0.25) is 4.79 Å². The van der Waals surface area contributed by atoms with Gasteiger partial charge in [0.05, 0.1) is 5.41 Å². The van der Waals surface area contributed by atoms with Crippen molar-refractivity contribution in [2.75, 3.05) is 13.1 Å². The first-order valence-electron chi connectivity index (χ1n) is 6.42. The number of carbonyl (C=O) groups is 2. The summed E-state index contributed by atoms with van der Waals surface area (Å²) in [7, 11) is 0. The maximum atomic E-state index is 12.0. The SMILES string of the molecule is C=CC[C@H]1CN(C(=O)OC(C)(C)C)C[C@@]1(C)C(=O)O. The van der Waals surface area contributed by atoms with E-state index in [2.05, 4.69) is 6.58 Å². The first-order valence-corrected chi connectivity index (χ1v) is 6.42. The summed E-state index contributed by atoms with van der Waals surface area (Å²) in [4.78, 5) is 24.9. The van der Waals surface area contributed by atoms with E-state index in [9.17, 15) is 14.7 Å². The highest BCUT2D eigenvalue weighted by molar-refractivity contribution is 5.78. The minimum Gasteiger partial charge on any atom is -0.481 e. The van der Waals surface area contributed by atoms with Gasteiger partial charge >= 0.3 is 12.1 Å². The third kappa shape index (κ3) is 3.49. The Balaban J connectivity index is 2.84. The fraction of sp³-hybridized carbons (Fsp3) is 0.714. The summed E-state index contributed by atoms with van der Waals surface area (Å²) in [5, 5.41) is 9.39. The molecule has 0 saturated carbocycles. The van der Waals surface area contributed by atoms with Gasteiger partial charge in [0, 0.05) is 13.1 Å². The molecular formula is C14H23NO4. The molecule has 1 heterocycles. The van der Waals surface area contributed by atoms with E-state index in [0.717, 1.165) is 0 Å². The van der Waals surface area contributed by atoms with Crippen molar-refractivity contribution in [3.8, 4) is 0 Å². The second-order valence-corrected chi connectivity index (χ2v) is 6.30. The maximum Gasteiger partial charge on any atom is 0.410 e. The zero-order valence-corrected chi connectivity index (χ0v) is 12.1. The lowest BCUT2D eigenvalue weighted by Crippen LogP contribution is -2.38. The van der Waals surface area contributed by atoms with E-state index in [1.165, 1.54) is 4.90 Å². The van der Waals surface area contributed by atoms with Crippen LogP contribution in [0.25, 0.3) is 0 Å². The number of likely N-dealkylation sites (tertiary alicyclic amines) is 1. The van der Waals surface area contributed by atoms with Crippen LogP contribution < -0.4 is 0 Å². The smallest absolute Gasteiger partial charge is 0.410 e. The molecular weight excluding hydrogens is 246 g/mol. The number of hydrogen-bond acceptors (Lipinski definition) is 3. The first-order chi connectivity index (χ1) is 8.60. The number of hydrogen-bond donors (Lipinski definition) is 1. The highest BCUT2D eigenvalue weighted by atomic mass is 16.6. The van der Waals surface area contributed by atoms with E-state index in [0.29, 0.717) is 13.0 Å². The normalized spacial score (nSPS) is 27.2. The molecule has 1 saturated heterocycles. The molecule has 1 rings (SSSR count). The third-order valence-electron chi connectivity index (χ3n) is 3.45. The Kier molecular flexibility index (Phi) is 4.28. The molecule has 108 valence electrons. The predicted molar refractivity (Wildman–Crippen MR) is 71.9 cm³/mol. The second kappa shape index (κ2) is 5.23. The van der Waals surface area contributed by atoms with Gasteiger partial charge in [0.2, 0.25) is 0 Å². The van der Waals surface area contributed by atoms with Gasteiger partial charge in [0.25, 0.3) is 0 Å². The van der Waals surface area contributed by atoms with Crippen LogP contribution in [0.5, 0.6) is 0 Å². The number of amides is 1. The fourth-order valence-electron chi connectivity index (χ4n) is 2.30. The van der Waals surface area contributed by atoms with E-state index < -0.39 is 23.1 Å². The monoisotopic (exact) mass is 269 g/mol. The van der Waals surface area contributed by atoms with Crippen molar-refractivity contribution in [2.45, 2.75) is 39.7 Å². The minimum absolute atomic E-state index is 0.130. The molecule has 1 aliphatic heterocycles. The Morgan fingerprint density at radius 1 is 1.53 bits per heavy atom. The van der Waals surface area contributed by atoms with Gasteiger partial charge in [-0.15, -0.1) is 6.58 Å². The summed E-state index contributed by atoms with van der Waals surface area (Å²) in [6.07, 6.45) is 1.82. The Morgan fingerprint density at radius 2 is 2.11 bits per heavy atom. The number of carboxylic acid groups (broad SMARTS) is 1. The Morgan fingerprint density at radius 3 is 2.53 bits per heavy atom. The van der Waals surface area contributed by atoms with Crippen LogP contribution in [0.2, 0.25) is 0 Å². The number of carboxylic acids is 1. The molecule has 0 spiro atoms. The van der Waals surface area contributed by atoms with Crippen LogP contribution in [0.3, 0.4) is 0 Å². The lowest BCUT2D eigenvalue weighted by Gasteiger charge is -2.25. The van der Waals surface area contributed by atoms with Gasteiger partial charge in [-0.1, -0.05) is 6.08 Å². The molecule has 5 heteroatoms. The molecule has 0 aromatic heterocycles. The number of aliphatic carboxylic acids is 1. The van der Waals surface area contributed by atoms with Crippen molar-refractivity contribution in [3.63, 3.8) is 0 Å². The summed E-state index contributed by atoms with van der Waals surface area (Å²) in [5.74, 6) is -1.01. The summed E-state index contributed by atoms with van der Waals surface area (Å²) >= 11 is 0. The summed E-state index contributed by atoms with van der Waals surface area (Å²) in [6.45, 7) is 11.3. The molecule has 0 bridgehead atoms. The molecule has 2 atom stereocenters. The quantitative estimate of drug-likeness (QED) is 0.799. The van der Waals surface area contributed by atoms with Gasteiger partial charge in [-0.25, -0.2) is 4.79 Å². The Hall–Kier alpha value is -1.52. The van der Waals surface area contributed by atoms with Crippen molar-refractivity contribution < 1.29 is 19.4 Å². The van der Waals surface area contributed by atoms with Crippen LogP contribution >= 0.6 is 0 Å². The van der Waals surface area contributed by atoms with E-state index in [4.69, 9.17) is 4.74 Å². The van der Waals surface area contributed by atoms with E-state index in [1.807, 2.05) is 0 Å². The largest absolute Gasteiger partial charge is 0.481 e. The van der Waals surface area contributed by atoms with Crippen molar-refractivity contribution >= 4 is 12.1 Å². The molecule has 0 aromatic rings. The lowest BCUT2D eigenvalue weighted by molar-refractivity contribution is -0.149. The number of ether oxygens (including phenoxy) is 1. The van der Waals surface area contributed by atoms with Gasteiger partial charge in [0.15, 0.2) is 0 Å². The lowest BCUT2D eigenvalue weighted by atomic mass is 9.78. The van der Waals surface area contributed by atoms with Gasteiger partial charge in [0.1, 0.15) is 5.60 Å². The molecule has 1 amide bonds. The van der Waals surface area contributed by atoms with Crippen molar-refractivity contribution in [3.05, 3.63) is 12.7 Å². The maximum absolute atomic E-state index is 12.0. The Labute approximate surface area is 114 Å². The molecule has 1 fully saturated rings. The highest BCUT2D eigenvalue weighted by Gasteiger charge is 2.50. The van der Waals surface area contributed by atoms with Crippen molar-refractivity contribution in [1.82, 2.24) is 4.90 Å². The Bertz CT molecular complexity index is 385. The second-order valence-electron chi connectivity index (χ2n) is 6.30. The average molecular weight is 269 g/mol. The zero-order valence-electron chi connectivity index (χ0n) is 12.1. The van der Waals surface area contributed by atoms with Crippen LogP contribution in [-0.4, -0.2) is 40.8 Å². The summed E-state index contributed by atoms with van der Waals surface area (Å²) < 4.78 is 5.29. The van der Waals surface area contributed by atoms with Crippen LogP contribution in [0.1, 0.15) is 34.1 Å². The van der Waals surface area contributed by atoms with Crippen LogP contribution in [-0.2, 0) is 9.53 Å². The van der Waals surface area contributed by atoms with Crippen molar-refractivity contribution in [2.24, 2.45) is 11.3 Å². The molecule has 0 aliphatic carbocycles. The molecule has 5 nitrogen and oxygen atoms in total. The highest BCUT2D eigenvalue weighted by Crippen LogP contribution is 2.38. The first kappa shape index (κ1) is 15.5. The van der Waals surface area contributed by atoms with Gasteiger partial charge in [-0.05, 0) is 40.0 Å². The summed E-state index contributed by atoms with van der Waals surface area (Å²) in [6, 6.07) is 0. The molecule has 1 aliphatic rings. The molecule has 0 aromatic carbocycles. The molecule has 19 heavy (non-hydrogen) atoms. The standard InChI is InChI=1S/C14H23NO4/c1-6-7-10-8-15(9-14(10,5)11(16)17)12(18)19-13(2,3)4/h6,10H,1,7-9H2,2-5H3,(H,16,17)/t10-,14+/m0/s1. The van der Waals surface area contributed by atoms with Crippen LogP contribution in [0.4, 0.5) is 4.79 Å². The number of rotatable bonds is 3. The van der Waals surface area contributed by atoms with Crippen molar-refractivity contribution in [1.29, 1.82) is 0 Å². The number of allylic oxidation sites excluding steroid dienone is 1. The third-order valence-corrected chi connectivity index (χ3v) is 3.45. The fourth-order valence-corrected chi connectivity index (χ4v) is 2.30. The summed E-state index contributed by atoms with van der Waals surface area (Å²) in [5.41, 5.74) is -1.52. The van der Waals surface area contributed by atoms with E-state index in [-0.39, 0.29) is 12.5 Å². The van der Waals surface area contributed by atoms with Gasteiger partial charge in [-0.2, -0.15) is 0 Å². The molecule has 1 N–H and O–H groups in total. The minimum atomic E-state index is -0.939. The average Bonchev–Trinajstić information content (AvgIpc) is 2.56. The predicted octanol–water partition coefficient (Wildman–Crippen LogP) is 2.52. The number of nitrogens with zero attached hydrogens (tertiary/aromatic N) is 1. The topological polar surface area (TPSA) is 66.8 Å². The van der Waals surface area contributed by atoms with E-state index in [1.54, 1.807) is 33.8 Å². The number of carbonyl (C=O) groups excluding carboxylic acids is 1.